The molecular weight excluding hydrogens is 466 g/mol. The number of hydrogen-bond acceptors (Lipinski definition) is 5. The van der Waals surface area contributed by atoms with Crippen molar-refractivity contribution in [1.82, 2.24) is 10.2 Å². The number of aryl methyl sites for hydroxylation is 1. The number of benzene rings is 3. The number of phenolic OH excluding ortho intramolecular Hbond substituents is 1. The summed E-state index contributed by atoms with van der Waals surface area (Å²) in [7, 11) is 0. The molecule has 4 atom stereocenters. The summed E-state index contributed by atoms with van der Waals surface area (Å²) in [5.41, 5.74) is 3.14. The summed E-state index contributed by atoms with van der Waals surface area (Å²) in [5.74, 6) is -2.15. The minimum Gasteiger partial charge on any atom is -0.508 e. The van der Waals surface area contributed by atoms with E-state index in [1.54, 1.807) is 12.1 Å². The maximum atomic E-state index is 14.0. The summed E-state index contributed by atoms with van der Waals surface area (Å²) in [6, 6.07) is 22.0. The number of hydrogen-bond donors (Lipinski definition) is 3. The van der Waals surface area contributed by atoms with Crippen LogP contribution in [0, 0.1) is 11.8 Å². The lowest BCUT2D eigenvalue weighted by Crippen LogP contribution is -2.53. The van der Waals surface area contributed by atoms with Crippen molar-refractivity contribution in [3.05, 3.63) is 95.1 Å². The monoisotopic (exact) mass is 495 g/mol. The van der Waals surface area contributed by atoms with E-state index in [-0.39, 0.29) is 30.0 Å². The van der Waals surface area contributed by atoms with Crippen molar-refractivity contribution < 1.29 is 19.5 Å². The summed E-state index contributed by atoms with van der Waals surface area (Å²) in [5, 5.41) is 16.2. The maximum Gasteiger partial charge on any atom is 0.250 e. The van der Waals surface area contributed by atoms with Crippen molar-refractivity contribution >= 4 is 23.4 Å². The average molecular weight is 496 g/mol. The van der Waals surface area contributed by atoms with E-state index in [9.17, 15) is 19.5 Å². The summed E-state index contributed by atoms with van der Waals surface area (Å²) < 4.78 is 0. The molecule has 2 saturated heterocycles. The van der Waals surface area contributed by atoms with E-state index in [4.69, 9.17) is 0 Å². The highest BCUT2D eigenvalue weighted by molar-refractivity contribution is 6.15. The topological polar surface area (TPSA) is 98.7 Å². The number of likely N-dealkylation sites (tertiary alicyclic amines) is 1. The van der Waals surface area contributed by atoms with E-state index >= 15 is 0 Å². The van der Waals surface area contributed by atoms with Crippen molar-refractivity contribution in [3.8, 4) is 5.75 Å². The number of carbonyl (C=O) groups is 3. The van der Waals surface area contributed by atoms with Gasteiger partial charge in [-0.15, -0.1) is 0 Å². The lowest BCUT2D eigenvalue weighted by molar-refractivity contribution is -0.142. The molecule has 0 aromatic heterocycles. The first-order valence-corrected chi connectivity index (χ1v) is 12.8. The molecule has 37 heavy (non-hydrogen) atoms. The number of nitrogens with one attached hydrogen (secondary N) is 2. The molecule has 3 aromatic carbocycles. The van der Waals surface area contributed by atoms with E-state index < -0.39 is 23.4 Å². The smallest absolute Gasteiger partial charge is 0.250 e. The molecule has 188 valence electrons. The number of aromatic hydroxyl groups is 1. The van der Waals surface area contributed by atoms with Gasteiger partial charge in [-0.05, 0) is 54.2 Å². The van der Waals surface area contributed by atoms with Crippen LogP contribution in [0.1, 0.15) is 29.2 Å². The molecule has 3 aromatic rings. The van der Waals surface area contributed by atoms with Crippen molar-refractivity contribution in [2.24, 2.45) is 11.8 Å². The average Bonchev–Trinajstić information content (AvgIpc) is 3.48. The summed E-state index contributed by atoms with van der Waals surface area (Å²) >= 11 is 0. The van der Waals surface area contributed by atoms with Crippen LogP contribution in [-0.2, 0) is 39.2 Å². The Morgan fingerprint density at radius 2 is 1.62 bits per heavy atom. The van der Waals surface area contributed by atoms with Gasteiger partial charge in [0.1, 0.15) is 11.3 Å². The van der Waals surface area contributed by atoms with Crippen LogP contribution in [0.4, 0.5) is 5.69 Å². The molecule has 2 fully saturated rings. The molecule has 3 aliphatic rings. The molecule has 0 aliphatic carbocycles. The highest BCUT2D eigenvalue weighted by atomic mass is 16.3. The predicted octanol–water partition coefficient (Wildman–Crippen LogP) is 3.16. The molecule has 3 aliphatic heterocycles. The Morgan fingerprint density at radius 3 is 2.35 bits per heavy atom. The Balaban J connectivity index is 1.41. The number of rotatable bonds is 6. The zero-order chi connectivity index (χ0) is 25.7. The minimum atomic E-state index is -1.30. The molecule has 0 bridgehead atoms. The van der Waals surface area contributed by atoms with E-state index in [0.29, 0.717) is 18.5 Å². The van der Waals surface area contributed by atoms with Crippen molar-refractivity contribution in [3.63, 3.8) is 0 Å². The Bertz CT molecular complexity index is 1390. The second-order valence-corrected chi connectivity index (χ2v) is 10.2. The number of carbonyl (C=O) groups excluding carboxylic acids is 3. The summed E-state index contributed by atoms with van der Waals surface area (Å²) in [6.45, 7) is 2.33. The van der Waals surface area contributed by atoms with Gasteiger partial charge in [-0.2, -0.15) is 0 Å². The summed E-state index contributed by atoms with van der Waals surface area (Å²) in [4.78, 5) is 42.9. The largest absolute Gasteiger partial charge is 0.508 e. The van der Waals surface area contributed by atoms with Gasteiger partial charge in [0, 0.05) is 23.8 Å². The third-order valence-electron chi connectivity index (χ3n) is 8.14. The van der Waals surface area contributed by atoms with Crippen LogP contribution >= 0.6 is 0 Å². The quantitative estimate of drug-likeness (QED) is 0.457. The van der Waals surface area contributed by atoms with Crippen LogP contribution in [0.5, 0.6) is 5.75 Å². The van der Waals surface area contributed by atoms with Gasteiger partial charge >= 0.3 is 0 Å². The van der Waals surface area contributed by atoms with Crippen LogP contribution < -0.4 is 10.6 Å². The number of nitrogens with zero attached hydrogens (tertiary/aromatic N) is 1. The second kappa shape index (κ2) is 8.85. The Labute approximate surface area is 215 Å². The third-order valence-corrected chi connectivity index (χ3v) is 8.14. The molecule has 1 spiro atoms. The Morgan fingerprint density at radius 1 is 0.892 bits per heavy atom. The Hall–Kier alpha value is -3.97. The number of phenols is 1. The first-order valence-electron chi connectivity index (χ1n) is 12.8. The number of fused-ring (bicyclic) bond motifs is 4. The standard InChI is InChI=1S/C30H29N3O4/c1-2-18-10-13-23-22(16-18)30(29(37)31-23)26-25(24(32-30)17-20-8-11-21(34)12-9-20)27(35)33(28(26)36)15-14-19-6-4-3-5-7-19/h3-13,16,24-26,32,34H,2,14-15,17H2,1H3,(H,31,37)/t24-,25-,26-,30-/m1/s1. The molecule has 3 heterocycles. The predicted molar refractivity (Wildman–Crippen MR) is 139 cm³/mol. The second-order valence-electron chi connectivity index (χ2n) is 10.2. The third kappa shape index (κ3) is 3.64. The molecule has 7 heteroatoms. The van der Waals surface area contributed by atoms with E-state index in [0.717, 1.165) is 28.7 Å². The van der Waals surface area contributed by atoms with Crippen molar-refractivity contribution in [2.75, 3.05) is 11.9 Å². The first-order chi connectivity index (χ1) is 17.9. The fraction of sp³-hybridized carbons (Fsp3) is 0.300. The number of imide groups is 1. The van der Waals surface area contributed by atoms with Crippen molar-refractivity contribution in [2.45, 2.75) is 37.8 Å². The number of amides is 3. The molecule has 3 amide bonds. The maximum absolute atomic E-state index is 14.0. The van der Waals surface area contributed by atoms with Crippen LogP contribution in [0.3, 0.4) is 0 Å². The molecule has 7 nitrogen and oxygen atoms in total. The van der Waals surface area contributed by atoms with Crippen LogP contribution in [0.15, 0.2) is 72.8 Å². The van der Waals surface area contributed by atoms with Gasteiger partial charge in [-0.25, -0.2) is 0 Å². The van der Waals surface area contributed by atoms with Gasteiger partial charge in [0.15, 0.2) is 0 Å². The molecule has 0 radical (unpaired) electrons. The molecule has 0 unspecified atom stereocenters. The van der Waals surface area contributed by atoms with Crippen LogP contribution in [-0.4, -0.2) is 40.3 Å². The molecule has 3 N–H and O–H groups in total. The Kier molecular flexibility index (Phi) is 5.60. The van der Waals surface area contributed by atoms with Crippen LogP contribution in [0.25, 0.3) is 0 Å². The fourth-order valence-electron chi connectivity index (χ4n) is 6.30. The highest BCUT2D eigenvalue weighted by Gasteiger charge is 2.70. The number of anilines is 1. The minimum absolute atomic E-state index is 0.160. The van der Waals surface area contributed by atoms with E-state index in [2.05, 4.69) is 10.6 Å². The zero-order valence-electron chi connectivity index (χ0n) is 20.6. The normalized spacial score (nSPS) is 26.0. The van der Waals surface area contributed by atoms with Gasteiger partial charge in [0.05, 0.1) is 11.8 Å². The van der Waals surface area contributed by atoms with Gasteiger partial charge in [-0.3, -0.25) is 24.6 Å². The molecular formula is C30H29N3O4. The SMILES string of the molecule is CCc1ccc2c(c1)[C@]1(N[C@H](Cc3ccc(O)cc3)[C@H]3C(=O)N(CCc4ccccc4)C(=O)[C@@H]31)C(=O)N2. The van der Waals surface area contributed by atoms with Gasteiger partial charge in [0.2, 0.25) is 17.7 Å². The first kappa shape index (κ1) is 23.4. The van der Waals surface area contributed by atoms with Gasteiger partial charge in [-0.1, -0.05) is 61.5 Å². The van der Waals surface area contributed by atoms with E-state index in [1.165, 1.54) is 4.90 Å². The van der Waals surface area contributed by atoms with Crippen LogP contribution in [0.2, 0.25) is 0 Å². The lowest BCUT2D eigenvalue weighted by Gasteiger charge is -2.30. The van der Waals surface area contributed by atoms with Crippen molar-refractivity contribution in [1.29, 1.82) is 0 Å². The highest BCUT2D eigenvalue weighted by Crippen LogP contribution is 2.53. The molecule has 0 saturated carbocycles. The fourth-order valence-corrected chi connectivity index (χ4v) is 6.30. The van der Waals surface area contributed by atoms with Gasteiger partial charge in [0.25, 0.3) is 0 Å². The lowest BCUT2D eigenvalue weighted by atomic mass is 9.76. The molecule has 6 rings (SSSR count). The van der Waals surface area contributed by atoms with E-state index in [1.807, 2.05) is 67.6 Å². The summed E-state index contributed by atoms with van der Waals surface area (Å²) in [6.07, 6.45) is 1.80. The zero-order valence-corrected chi connectivity index (χ0v) is 20.6. The van der Waals surface area contributed by atoms with Gasteiger partial charge < -0.3 is 10.4 Å².